The van der Waals surface area contributed by atoms with Crippen LogP contribution in [-0.2, 0) is 0 Å². The van der Waals surface area contributed by atoms with Gasteiger partial charge in [0.2, 0.25) is 0 Å². The molecule has 1 unspecified atom stereocenters. The Labute approximate surface area is 74.2 Å². The number of allylic oxidation sites excluding steroid dienone is 4. The maximum absolute atomic E-state index is 10.7. The molecule has 0 N–H and O–H groups in total. The molecule has 0 radical (unpaired) electrons. The number of rotatable bonds is 0. The van der Waals surface area contributed by atoms with Crippen LogP contribution in [0, 0.1) is 5.92 Å². The van der Waals surface area contributed by atoms with Gasteiger partial charge in [0.25, 0.3) is 0 Å². The van der Waals surface area contributed by atoms with Gasteiger partial charge in [0.1, 0.15) is 0 Å². The summed E-state index contributed by atoms with van der Waals surface area (Å²) in [6, 6.07) is -0.461. The van der Waals surface area contributed by atoms with E-state index in [1.807, 2.05) is 0 Å². The third-order valence-corrected chi connectivity index (χ3v) is 2.06. The first kappa shape index (κ1) is 7.43. The van der Waals surface area contributed by atoms with Gasteiger partial charge in [0.05, 0.1) is 11.6 Å². The molecule has 1 aliphatic heterocycles. The van der Waals surface area contributed by atoms with Crippen LogP contribution in [-0.4, -0.2) is 18.0 Å². The number of carbonyl (C=O) groups is 1. The van der Waals surface area contributed by atoms with Crippen LogP contribution in [0.15, 0.2) is 33.2 Å². The fraction of sp³-hybridized carbons (Fsp3) is 0.125. The van der Waals surface area contributed by atoms with Gasteiger partial charge < -0.3 is 0 Å². The summed E-state index contributed by atoms with van der Waals surface area (Å²) in [4.78, 5) is 18.0. The van der Waals surface area contributed by atoms with Gasteiger partial charge in [-0.05, 0) is 12.2 Å². The van der Waals surface area contributed by atoms with E-state index >= 15 is 0 Å². The summed E-state index contributed by atoms with van der Waals surface area (Å²) in [6.07, 6.45) is 6.82. The lowest BCUT2D eigenvalue weighted by molar-refractivity contribution is 0.257. The number of carbonyl (C=O) groups excluding carboxylic acids is 1. The van der Waals surface area contributed by atoms with Crippen molar-refractivity contribution >= 4 is 29.6 Å². The normalized spacial score (nSPS) is 26.4. The molecule has 12 heavy (non-hydrogen) atoms. The first-order chi connectivity index (χ1) is 5.77. The predicted octanol–water partition coefficient (Wildman–Crippen LogP) is 1.94. The molecule has 2 amide bonds. The molecule has 2 rings (SSSR count). The Balaban J connectivity index is 2.42. The number of nitrogens with zero attached hydrogens (tertiary/aromatic N) is 2. The SMILES string of the molecule is O=C1N=CC2C(Cl)=CC=CC2=N1. The Hall–Kier alpha value is -1.22. The fourth-order valence-corrected chi connectivity index (χ4v) is 1.36. The summed E-state index contributed by atoms with van der Waals surface area (Å²) < 4.78 is 0. The molecule has 2 aliphatic rings. The topological polar surface area (TPSA) is 41.8 Å². The number of fused-ring (bicyclic) bond motifs is 1. The molecule has 60 valence electrons. The van der Waals surface area contributed by atoms with Crippen LogP contribution >= 0.6 is 11.6 Å². The van der Waals surface area contributed by atoms with Crippen molar-refractivity contribution in [3.8, 4) is 0 Å². The largest absolute Gasteiger partial charge is 0.366 e. The predicted molar refractivity (Wildman–Crippen MR) is 47.9 cm³/mol. The zero-order valence-electron chi connectivity index (χ0n) is 6.07. The average Bonchev–Trinajstić information content (AvgIpc) is 2.04. The lowest BCUT2D eigenvalue weighted by Crippen LogP contribution is -2.21. The Morgan fingerprint density at radius 1 is 1.50 bits per heavy atom. The van der Waals surface area contributed by atoms with E-state index in [1.54, 1.807) is 18.2 Å². The van der Waals surface area contributed by atoms with Crippen molar-refractivity contribution in [1.82, 2.24) is 0 Å². The summed E-state index contributed by atoms with van der Waals surface area (Å²) in [6.45, 7) is 0. The molecule has 0 aromatic carbocycles. The average molecular weight is 181 g/mol. The van der Waals surface area contributed by atoms with Crippen LogP contribution in [0.1, 0.15) is 0 Å². The van der Waals surface area contributed by atoms with E-state index in [9.17, 15) is 4.79 Å². The van der Waals surface area contributed by atoms with Crippen LogP contribution in [0.3, 0.4) is 0 Å². The number of urea groups is 1. The minimum absolute atomic E-state index is 0.116. The van der Waals surface area contributed by atoms with Gasteiger partial charge in [-0.25, -0.2) is 9.79 Å². The second-order valence-electron chi connectivity index (χ2n) is 2.49. The van der Waals surface area contributed by atoms with Gasteiger partial charge in [-0.3, -0.25) is 0 Å². The van der Waals surface area contributed by atoms with Crippen LogP contribution in [0.2, 0.25) is 0 Å². The van der Waals surface area contributed by atoms with E-state index in [0.717, 1.165) is 0 Å². The van der Waals surface area contributed by atoms with E-state index in [1.165, 1.54) is 6.21 Å². The van der Waals surface area contributed by atoms with Crippen LogP contribution in [0.25, 0.3) is 0 Å². The highest BCUT2D eigenvalue weighted by Crippen LogP contribution is 2.22. The lowest BCUT2D eigenvalue weighted by atomic mass is 9.99. The van der Waals surface area contributed by atoms with Gasteiger partial charge in [0.15, 0.2) is 0 Å². The fourth-order valence-electron chi connectivity index (χ4n) is 1.12. The van der Waals surface area contributed by atoms with E-state index in [2.05, 4.69) is 9.98 Å². The maximum Gasteiger partial charge on any atom is 0.366 e. The summed E-state index contributed by atoms with van der Waals surface area (Å²) in [7, 11) is 0. The van der Waals surface area contributed by atoms with Crippen molar-refractivity contribution in [2.24, 2.45) is 15.9 Å². The third-order valence-electron chi connectivity index (χ3n) is 1.70. The van der Waals surface area contributed by atoms with E-state index < -0.39 is 6.03 Å². The number of hydrogen-bond acceptors (Lipinski definition) is 1. The first-order valence-electron chi connectivity index (χ1n) is 3.48. The molecule has 1 aliphatic carbocycles. The molecule has 0 saturated heterocycles. The second-order valence-corrected chi connectivity index (χ2v) is 2.92. The lowest BCUT2D eigenvalue weighted by Gasteiger charge is -2.16. The Morgan fingerprint density at radius 2 is 2.33 bits per heavy atom. The number of amides is 2. The second kappa shape index (κ2) is 2.68. The molecular formula is C8H5ClN2O. The summed E-state index contributed by atoms with van der Waals surface area (Å²) in [5.41, 5.74) is 0.669. The van der Waals surface area contributed by atoms with Crippen molar-refractivity contribution in [3.05, 3.63) is 23.3 Å². The van der Waals surface area contributed by atoms with Crippen molar-refractivity contribution in [1.29, 1.82) is 0 Å². The van der Waals surface area contributed by atoms with E-state index in [4.69, 9.17) is 11.6 Å². The Bertz CT molecular complexity index is 352. The molecule has 1 atom stereocenters. The zero-order chi connectivity index (χ0) is 8.55. The number of hydrogen-bond donors (Lipinski definition) is 0. The van der Waals surface area contributed by atoms with Gasteiger partial charge in [-0.15, -0.1) is 0 Å². The minimum Gasteiger partial charge on any atom is -0.244 e. The van der Waals surface area contributed by atoms with Crippen LogP contribution in [0.5, 0.6) is 0 Å². The minimum atomic E-state index is -0.461. The Morgan fingerprint density at radius 3 is 3.17 bits per heavy atom. The van der Waals surface area contributed by atoms with Gasteiger partial charge in [-0.2, -0.15) is 4.99 Å². The summed E-state index contributed by atoms with van der Waals surface area (Å²) >= 11 is 5.86. The standard InChI is InChI=1S/C8H5ClN2O/c9-6-2-1-3-7-5(6)4-10-8(12)11-7/h1-5H. The van der Waals surface area contributed by atoms with Crippen molar-refractivity contribution < 1.29 is 4.79 Å². The summed E-state index contributed by atoms with van der Waals surface area (Å²) in [5.74, 6) is -0.116. The van der Waals surface area contributed by atoms with E-state index in [0.29, 0.717) is 10.7 Å². The van der Waals surface area contributed by atoms with Crippen molar-refractivity contribution in [3.63, 3.8) is 0 Å². The maximum atomic E-state index is 10.7. The molecule has 0 fully saturated rings. The first-order valence-corrected chi connectivity index (χ1v) is 3.85. The third kappa shape index (κ3) is 1.12. The molecule has 1 heterocycles. The van der Waals surface area contributed by atoms with Crippen LogP contribution in [0.4, 0.5) is 4.79 Å². The van der Waals surface area contributed by atoms with Crippen LogP contribution < -0.4 is 0 Å². The number of aliphatic imine (C=N–C) groups is 2. The molecule has 0 saturated carbocycles. The van der Waals surface area contributed by atoms with Gasteiger partial charge in [-0.1, -0.05) is 17.7 Å². The highest BCUT2D eigenvalue weighted by Gasteiger charge is 2.22. The molecule has 3 nitrogen and oxygen atoms in total. The molecule has 0 aromatic heterocycles. The van der Waals surface area contributed by atoms with Gasteiger partial charge in [0, 0.05) is 11.2 Å². The quantitative estimate of drug-likeness (QED) is 0.562. The van der Waals surface area contributed by atoms with E-state index in [-0.39, 0.29) is 5.92 Å². The summed E-state index contributed by atoms with van der Waals surface area (Å²) in [5, 5.41) is 0.646. The smallest absolute Gasteiger partial charge is 0.244 e. The monoisotopic (exact) mass is 180 g/mol. The molecule has 4 heteroatoms. The van der Waals surface area contributed by atoms with Crippen molar-refractivity contribution in [2.45, 2.75) is 0 Å². The zero-order valence-corrected chi connectivity index (χ0v) is 6.82. The molecular weight excluding hydrogens is 176 g/mol. The van der Waals surface area contributed by atoms with Gasteiger partial charge >= 0.3 is 6.03 Å². The highest BCUT2D eigenvalue weighted by atomic mass is 35.5. The molecule has 0 bridgehead atoms. The van der Waals surface area contributed by atoms with Crippen molar-refractivity contribution in [2.75, 3.05) is 0 Å². The number of halogens is 1. The molecule has 0 aromatic rings. The highest BCUT2D eigenvalue weighted by molar-refractivity contribution is 6.36. The molecule has 0 spiro atoms. The Kier molecular flexibility index (Phi) is 1.66.